The molecule has 3 amide bonds. The smallest absolute Gasteiger partial charge is 0.274 e. The van der Waals surface area contributed by atoms with E-state index in [1.54, 1.807) is 6.92 Å². The Morgan fingerprint density at radius 2 is 1.67 bits per heavy atom. The van der Waals surface area contributed by atoms with E-state index >= 15 is 0 Å². The number of Topliss-reactive ketones (excluding diaryl/α,β-unsaturated/α-hetero) is 1. The topological polar surface area (TPSA) is 152 Å². The van der Waals surface area contributed by atoms with Crippen molar-refractivity contribution < 1.29 is 33.2 Å². The van der Waals surface area contributed by atoms with E-state index in [1.807, 2.05) is 51.1 Å². The fourth-order valence-corrected chi connectivity index (χ4v) is 4.09. The van der Waals surface area contributed by atoms with E-state index in [2.05, 4.69) is 21.1 Å². The molecule has 3 N–H and O–H groups in total. The molecular weight excluding hydrogens is 504 g/mol. The summed E-state index contributed by atoms with van der Waals surface area (Å²) in [6.07, 6.45) is 1.16. The molecule has 0 aliphatic carbocycles. The monoisotopic (exact) mass is 542 g/mol. The van der Waals surface area contributed by atoms with Crippen LogP contribution in [0.25, 0.3) is 0 Å². The van der Waals surface area contributed by atoms with Crippen molar-refractivity contribution in [3.05, 3.63) is 53.4 Å². The van der Waals surface area contributed by atoms with Gasteiger partial charge in [-0.2, -0.15) is 0 Å². The number of aryl methyl sites for hydroxylation is 1. The Kier molecular flexibility index (Phi) is 10.4. The normalized spacial score (nSPS) is 18.6. The maximum Gasteiger partial charge on any atom is 0.274 e. The predicted molar refractivity (Wildman–Crippen MR) is 142 cm³/mol. The largest absolute Gasteiger partial charge is 0.382 e. The van der Waals surface area contributed by atoms with Crippen LogP contribution in [0, 0.1) is 5.92 Å². The van der Waals surface area contributed by atoms with Crippen molar-refractivity contribution in [1.29, 1.82) is 0 Å². The van der Waals surface area contributed by atoms with Crippen LogP contribution in [0.3, 0.4) is 0 Å². The van der Waals surface area contributed by atoms with Crippen molar-refractivity contribution in [3.63, 3.8) is 0 Å². The summed E-state index contributed by atoms with van der Waals surface area (Å²) in [6, 6.07) is 7.79. The second-order valence-corrected chi connectivity index (χ2v) is 10.3. The molecule has 1 aliphatic rings. The number of aromatic nitrogens is 1. The molecule has 0 radical (unpaired) electrons. The van der Waals surface area contributed by atoms with Crippen LogP contribution in [0.4, 0.5) is 0 Å². The molecular formula is C28H38N4O7. The number of ketones is 1. The van der Waals surface area contributed by atoms with Crippen molar-refractivity contribution in [2.24, 2.45) is 5.92 Å². The average Bonchev–Trinajstić information content (AvgIpc) is 3.47. The van der Waals surface area contributed by atoms with Crippen LogP contribution < -0.4 is 16.0 Å². The van der Waals surface area contributed by atoms with Crippen LogP contribution in [0.1, 0.15) is 55.9 Å². The number of methoxy groups -OCH3 is 1. The van der Waals surface area contributed by atoms with E-state index in [0.29, 0.717) is 25.2 Å². The van der Waals surface area contributed by atoms with E-state index < -0.39 is 41.4 Å². The van der Waals surface area contributed by atoms with Crippen LogP contribution in [0.15, 0.2) is 40.9 Å². The molecule has 11 heteroatoms. The molecule has 0 saturated carbocycles. The molecule has 1 fully saturated rings. The van der Waals surface area contributed by atoms with Gasteiger partial charge in [-0.1, -0.05) is 56.3 Å². The molecule has 212 valence electrons. The van der Waals surface area contributed by atoms with Crippen LogP contribution in [0.2, 0.25) is 0 Å². The highest BCUT2D eigenvalue weighted by atomic mass is 16.6. The van der Waals surface area contributed by atoms with E-state index in [-0.39, 0.29) is 30.4 Å². The van der Waals surface area contributed by atoms with Crippen molar-refractivity contribution in [1.82, 2.24) is 21.1 Å². The van der Waals surface area contributed by atoms with Crippen molar-refractivity contribution >= 4 is 23.5 Å². The lowest BCUT2D eigenvalue weighted by atomic mass is 9.93. The van der Waals surface area contributed by atoms with E-state index in [0.717, 1.165) is 5.56 Å². The number of amides is 3. The van der Waals surface area contributed by atoms with Crippen LogP contribution >= 0.6 is 0 Å². The summed E-state index contributed by atoms with van der Waals surface area (Å²) in [5, 5.41) is 11.9. The Balaban J connectivity index is 1.77. The van der Waals surface area contributed by atoms with Gasteiger partial charge in [0.25, 0.3) is 5.91 Å². The standard InChI is InChI=1S/C28H38N4O7/c1-6-19-14-22(32-39-19)26(35)31-23(15-37-5)27(36)30-21(13-18-10-8-7-9-11-18)25(34)29-20(12-17(2)3)24(33)28(4)16-38-28/h7-11,14,17,20-21,23H,6,12-13,15-16H2,1-5H3,(H,29,34)(H,30,36)(H,31,35)/t20-,21-,23-,28+/m0/s1. The number of hydrogen-bond acceptors (Lipinski definition) is 8. The summed E-state index contributed by atoms with van der Waals surface area (Å²) in [6.45, 7) is 7.65. The Labute approximate surface area is 228 Å². The second kappa shape index (κ2) is 13.5. The SMILES string of the molecule is CCc1cc(C(=O)N[C@@H](COC)C(=O)N[C@@H](Cc2ccccc2)C(=O)N[C@@H](CC(C)C)C(=O)[C@@]2(C)CO2)no1. The third kappa shape index (κ3) is 8.46. The molecule has 1 saturated heterocycles. The molecule has 0 unspecified atom stereocenters. The van der Waals surface area contributed by atoms with E-state index in [1.165, 1.54) is 13.2 Å². The number of epoxide rings is 1. The summed E-state index contributed by atoms with van der Waals surface area (Å²) in [7, 11) is 1.40. The second-order valence-electron chi connectivity index (χ2n) is 10.3. The molecule has 1 aromatic heterocycles. The van der Waals surface area contributed by atoms with E-state index in [9.17, 15) is 19.2 Å². The summed E-state index contributed by atoms with van der Waals surface area (Å²) < 4.78 is 15.6. The quantitative estimate of drug-likeness (QED) is 0.287. The van der Waals surface area contributed by atoms with Crippen molar-refractivity contribution in [2.75, 3.05) is 20.3 Å². The number of carbonyl (C=O) groups excluding carboxylic acids is 4. The Bertz CT molecular complexity index is 1140. The predicted octanol–water partition coefficient (Wildman–Crippen LogP) is 1.60. The summed E-state index contributed by atoms with van der Waals surface area (Å²) in [5.74, 6) is -1.28. The number of rotatable bonds is 15. The minimum absolute atomic E-state index is 0.0326. The van der Waals surface area contributed by atoms with Gasteiger partial charge in [0, 0.05) is 26.0 Å². The molecule has 4 atom stereocenters. The first-order valence-electron chi connectivity index (χ1n) is 13.1. The zero-order chi connectivity index (χ0) is 28.6. The van der Waals surface area contributed by atoms with Crippen molar-refractivity contribution in [2.45, 2.75) is 70.7 Å². The summed E-state index contributed by atoms with van der Waals surface area (Å²) in [4.78, 5) is 52.6. The van der Waals surface area contributed by atoms with Gasteiger partial charge in [0.05, 0.1) is 19.3 Å². The molecule has 11 nitrogen and oxygen atoms in total. The zero-order valence-corrected chi connectivity index (χ0v) is 23.1. The van der Waals surface area contributed by atoms with Gasteiger partial charge in [0.15, 0.2) is 11.5 Å². The minimum atomic E-state index is -1.11. The van der Waals surface area contributed by atoms with E-state index in [4.69, 9.17) is 14.0 Å². The Morgan fingerprint density at radius 3 is 2.23 bits per heavy atom. The number of carbonyl (C=O) groups is 4. The van der Waals surface area contributed by atoms with Gasteiger partial charge < -0.3 is 29.9 Å². The van der Waals surface area contributed by atoms with Crippen molar-refractivity contribution in [3.8, 4) is 0 Å². The first-order valence-corrected chi connectivity index (χ1v) is 13.1. The Hall–Kier alpha value is -3.57. The lowest BCUT2D eigenvalue weighted by molar-refractivity contribution is -0.133. The highest BCUT2D eigenvalue weighted by Gasteiger charge is 2.50. The fourth-order valence-electron chi connectivity index (χ4n) is 4.09. The van der Waals surface area contributed by atoms with Gasteiger partial charge >= 0.3 is 0 Å². The maximum absolute atomic E-state index is 13.5. The van der Waals surface area contributed by atoms with Crippen LogP contribution in [-0.4, -0.2) is 72.7 Å². The summed E-state index contributed by atoms with van der Waals surface area (Å²) >= 11 is 0. The zero-order valence-electron chi connectivity index (χ0n) is 23.1. The number of benzene rings is 1. The van der Waals surface area contributed by atoms with Gasteiger partial charge in [-0.25, -0.2) is 0 Å². The van der Waals surface area contributed by atoms with Gasteiger partial charge in [0.1, 0.15) is 23.4 Å². The lowest BCUT2D eigenvalue weighted by Crippen LogP contribution is -2.58. The molecule has 1 aromatic carbocycles. The maximum atomic E-state index is 13.5. The number of nitrogens with zero attached hydrogens (tertiary/aromatic N) is 1. The van der Waals surface area contributed by atoms with Gasteiger partial charge in [-0.05, 0) is 24.8 Å². The first-order chi connectivity index (χ1) is 18.6. The highest BCUT2D eigenvalue weighted by Crippen LogP contribution is 2.29. The molecule has 1 aliphatic heterocycles. The molecule has 39 heavy (non-hydrogen) atoms. The van der Waals surface area contributed by atoms with Gasteiger partial charge in [0.2, 0.25) is 11.8 Å². The number of ether oxygens (including phenoxy) is 2. The number of hydrogen-bond donors (Lipinski definition) is 3. The molecule has 2 aromatic rings. The average molecular weight is 543 g/mol. The van der Waals surface area contributed by atoms with Gasteiger partial charge in [-0.15, -0.1) is 0 Å². The molecule has 0 bridgehead atoms. The third-order valence-electron chi connectivity index (χ3n) is 6.45. The van der Waals surface area contributed by atoms with Crippen LogP contribution in [0.5, 0.6) is 0 Å². The minimum Gasteiger partial charge on any atom is -0.382 e. The Morgan fingerprint density at radius 1 is 1.03 bits per heavy atom. The third-order valence-corrected chi connectivity index (χ3v) is 6.45. The molecule has 2 heterocycles. The molecule has 3 rings (SSSR count). The van der Waals surface area contributed by atoms with Gasteiger partial charge in [-0.3, -0.25) is 19.2 Å². The first kappa shape index (κ1) is 30.0. The fraction of sp³-hybridized carbons (Fsp3) is 0.536. The van der Waals surface area contributed by atoms with Crippen LogP contribution in [-0.2, 0) is 36.7 Å². The molecule has 0 spiro atoms. The highest BCUT2D eigenvalue weighted by molar-refractivity contribution is 5.99. The lowest BCUT2D eigenvalue weighted by Gasteiger charge is -2.26. The number of nitrogens with one attached hydrogen (secondary N) is 3. The summed E-state index contributed by atoms with van der Waals surface area (Å²) in [5.41, 5.74) is -0.0632.